The molecule has 0 saturated carbocycles. The lowest BCUT2D eigenvalue weighted by Gasteiger charge is -2.15. The maximum absolute atomic E-state index is 6.00. The van der Waals surface area contributed by atoms with Crippen molar-refractivity contribution in [3.05, 3.63) is 45.4 Å². The van der Waals surface area contributed by atoms with E-state index in [0.717, 1.165) is 40.4 Å². The summed E-state index contributed by atoms with van der Waals surface area (Å²) in [5.74, 6) is 5.68. The molecule has 0 spiro atoms. The highest BCUT2D eigenvalue weighted by molar-refractivity contribution is 7.05. The number of hydrogen-bond acceptors (Lipinski definition) is 5. The van der Waals surface area contributed by atoms with Crippen molar-refractivity contribution in [2.45, 2.75) is 32.2 Å². The quantitative estimate of drug-likeness (QED) is 0.635. The molecule has 1 aromatic heterocycles. The summed E-state index contributed by atoms with van der Waals surface area (Å²) in [6, 6.07) is 7.85. The minimum Gasteiger partial charge on any atom is -0.271 e. The molecule has 0 aliphatic heterocycles. The van der Waals surface area contributed by atoms with Crippen LogP contribution in [0, 0.1) is 0 Å². The number of benzene rings is 1. The minimum absolute atomic E-state index is 0.0278. The lowest BCUT2D eigenvalue weighted by molar-refractivity contribution is 0.554. The molecule has 2 aromatic rings. The van der Waals surface area contributed by atoms with E-state index in [-0.39, 0.29) is 6.04 Å². The second-order valence-corrected chi connectivity index (χ2v) is 5.61. The molecule has 102 valence electrons. The summed E-state index contributed by atoms with van der Waals surface area (Å²) in [6.45, 7) is 2.13. The average Bonchev–Trinajstić information content (AvgIpc) is 2.85. The van der Waals surface area contributed by atoms with Crippen LogP contribution in [-0.4, -0.2) is 9.59 Å². The summed E-state index contributed by atoms with van der Waals surface area (Å²) in [6.07, 6.45) is 2.75. The molecule has 0 aliphatic carbocycles. The Morgan fingerprint density at radius 3 is 3.00 bits per heavy atom. The molecule has 1 atom stereocenters. The maximum atomic E-state index is 6.00. The number of hydrazine groups is 1. The first-order valence-corrected chi connectivity index (χ1v) is 7.41. The number of aromatic nitrogens is 2. The number of rotatable bonds is 6. The van der Waals surface area contributed by atoms with Crippen LogP contribution in [0.2, 0.25) is 5.02 Å². The molecule has 19 heavy (non-hydrogen) atoms. The smallest absolute Gasteiger partial charge is 0.0804 e. The van der Waals surface area contributed by atoms with Crippen LogP contribution >= 0.6 is 23.1 Å². The van der Waals surface area contributed by atoms with Gasteiger partial charge in [0.2, 0.25) is 0 Å². The third-order valence-corrected chi connectivity index (χ3v) is 4.03. The van der Waals surface area contributed by atoms with Gasteiger partial charge in [0.05, 0.1) is 16.6 Å². The third-order valence-electron chi connectivity index (χ3n) is 2.92. The molecule has 0 fully saturated rings. The van der Waals surface area contributed by atoms with Crippen molar-refractivity contribution in [3.8, 4) is 0 Å². The van der Waals surface area contributed by atoms with Gasteiger partial charge < -0.3 is 0 Å². The van der Waals surface area contributed by atoms with E-state index in [0.29, 0.717) is 0 Å². The molecule has 0 aliphatic rings. The second kappa shape index (κ2) is 6.96. The van der Waals surface area contributed by atoms with Crippen molar-refractivity contribution in [2.24, 2.45) is 5.84 Å². The topological polar surface area (TPSA) is 63.8 Å². The van der Waals surface area contributed by atoms with Crippen molar-refractivity contribution in [1.29, 1.82) is 0 Å². The second-order valence-electron chi connectivity index (χ2n) is 4.39. The Bertz CT molecular complexity index is 529. The summed E-state index contributed by atoms with van der Waals surface area (Å²) in [5.41, 5.74) is 5.04. The number of nitrogens with one attached hydrogen (secondary N) is 1. The highest BCUT2D eigenvalue weighted by Crippen LogP contribution is 2.25. The van der Waals surface area contributed by atoms with Crippen LogP contribution in [0.5, 0.6) is 0 Å². The zero-order chi connectivity index (χ0) is 13.7. The molecular formula is C13H17ClN4S. The van der Waals surface area contributed by atoms with E-state index in [4.69, 9.17) is 17.4 Å². The Morgan fingerprint density at radius 1 is 1.47 bits per heavy atom. The van der Waals surface area contributed by atoms with Gasteiger partial charge in [0.15, 0.2) is 0 Å². The summed E-state index contributed by atoms with van der Waals surface area (Å²) >= 11 is 7.41. The zero-order valence-electron chi connectivity index (χ0n) is 10.8. The number of nitrogens with two attached hydrogens (primary N) is 1. The molecule has 3 N–H and O–H groups in total. The summed E-state index contributed by atoms with van der Waals surface area (Å²) in [4.78, 5) is 1.12. The minimum atomic E-state index is 0.0278. The van der Waals surface area contributed by atoms with Gasteiger partial charge >= 0.3 is 0 Å². The van der Waals surface area contributed by atoms with Gasteiger partial charge in [0, 0.05) is 5.02 Å². The number of aryl methyl sites for hydroxylation is 1. The third kappa shape index (κ3) is 3.73. The molecule has 1 unspecified atom stereocenters. The Balaban J connectivity index is 2.18. The fraction of sp³-hybridized carbons (Fsp3) is 0.385. The Labute approximate surface area is 122 Å². The van der Waals surface area contributed by atoms with Crippen LogP contribution in [0.25, 0.3) is 0 Å². The van der Waals surface area contributed by atoms with E-state index in [1.165, 1.54) is 11.5 Å². The van der Waals surface area contributed by atoms with Crippen LogP contribution in [0.15, 0.2) is 24.3 Å². The van der Waals surface area contributed by atoms with Gasteiger partial charge in [-0.1, -0.05) is 41.6 Å². The van der Waals surface area contributed by atoms with Crippen LogP contribution in [0.1, 0.15) is 35.5 Å². The first kappa shape index (κ1) is 14.4. The maximum Gasteiger partial charge on any atom is 0.0804 e. The molecule has 0 amide bonds. The summed E-state index contributed by atoms with van der Waals surface area (Å²) in [7, 11) is 0. The molecular weight excluding hydrogens is 280 g/mol. The van der Waals surface area contributed by atoms with E-state index in [1.807, 2.05) is 24.3 Å². The van der Waals surface area contributed by atoms with Gasteiger partial charge in [-0.3, -0.25) is 11.3 Å². The van der Waals surface area contributed by atoms with E-state index in [2.05, 4.69) is 21.9 Å². The predicted molar refractivity (Wildman–Crippen MR) is 79.1 cm³/mol. The highest BCUT2D eigenvalue weighted by Gasteiger charge is 2.18. The monoisotopic (exact) mass is 296 g/mol. The lowest BCUT2D eigenvalue weighted by Crippen LogP contribution is -2.29. The fourth-order valence-corrected chi connectivity index (χ4v) is 2.98. The molecule has 2 rings (SSSR count). The molecule has 0 radical (unpaired) electrons. The highest BCUT2D eigenvalue weighted by atomic mass is 35.5. The molecule has 1 aromatic carbocycles. The average molecular weight is 297 g/mol. The standard InChI is InChI=1S/C13H17ClN4S/c1-2-4-11-13(19-18-17-11)12(16-15)8-9-5-3-6-10(14)7-9/h3,5-7,12,16H,2,4,8,15H2,1H3. The Morgan fingerprint density at radius 2 is 2.32 bits per heavy atom. The van der Waals surface area contributed by atoms with Crippen molar-refractivity contribution in [1.82, 2.24) is 15.0 Å². The van der Waals surface area contributed by atoms with Crippen LogP contribution in [0.4, 0.5) is 0 Å². The molecule has 4 nitrogen and oxygen atoms in total. The van der Waals surface area contributed by atoms with E-state index in [1.54, 1.807) is 0 Å². The van der Waals surface area contributed by atoms with Crippen molar-refractivity contribution >= 4 is 23.1 Å². The van der Waals surface area contributed by atoms with E-state index in [9.17, 15) is 0 Å². The molecule has 1 heterocycles. The van der Waals surface area contributed by atoms with Gasteiger partial charge in [0.1, 0.15) is 0 Å². The fourth-order valence-electron chi connectivity index (χ4n) is 2.02. The SMILES string of the molecule is CCCc1nnsc1C(Cc1cccc(Cl)c1)NN. The van der Waals surface area contributed by atoms with Crippen molar-refractivity contribution < 1.29 is 0 Å². The predicted octanol–water partition coefficient (Wildman–Crippen LogP) is 2.89. The summed E-state index contributed by atoms with van der Waals surface area (Å²) in [5, 5.41) is 4.92. The summed E-state index contributed by atoms with van der Waals surface area (Å²) < 4.78 is 4.04. The Hall–Kier alpha value is -1.01. The molecule has 0 saturated heterocycles. The van der Waals surface area contributed by atoms with Crippen molar-refractivity contribution in [3.63, 3.8) is 0 Å². The van der Waals surface area contributed by atoms with Crippen LogP contribution < -0.4 is 11.3 Å². The van der Waals surface area contributed by atoms with Gasteiger partial charge in [0.25, 0.3) is 0 Å². The lowest BCUT2D eigenvalue weighted by atomic mass is 10.0. The Kier molecular flexibility index (Phi) is 5.27. The van der Waals surface area contributed by atoms with Gasteiger partial charge in [-0.25, -0.2) is 0 Å². The number of halogens is 1. The van der Waals surface area contributed by atoms with Gasteiger partial charge in [-0.2, -0.15) is 0 Å². The molecule has 6 heteroatoms. The zero-order valence-corrected chi connectivity index (χ0v) is 12.3. The molecule has 0 bridgehead atoms. The first-order valence-electron chi connectivity index (χ1n) is 6.26. The normalized spacial score (nSPS) is 12.6. The number of nitrogens with zero attached hydrogens (tertiary/aromatic N) is 2. The van der Waals surface area contributed by atoms with E-state index >= 15 is 0 Å². The van der Waals surface area contributed by atoms with E-state index < -0.39 is 0 Å². The van der Waals surface area contributed by atoms with Gasteiger partial charge in [-0.15, -0.1) is 5.10 Å². The van der Waals surface area contributed by atoms with Crippen LogP contribution in [-0.2, 0) is 12.8 Å². The number of hydrogen-bond donors (Lipinski definition) is 2. The largest absolute Gasteiger partial charge is 0.271 e. The first-order chi connectivity index (χ1) is 9.24. The van der Waals surface area contributed by atoms with Crippen molar-refractivity contribution in [2.75, 3.05) is 0 Å². The van der Waals surface area contributed by atoms with Crippen LogP contribution in [0.3, 0.4) is 0 Å². The van der Waals surface area contributed by atoms with Gasteiger partial charge in [-0.05, 0) is 42.1 Å².